The molecule has 5 rings (SSSR count). The Balaban J connectivity index is 1.86. The van der Waals surface area contributed by atoms with Gasteiger partial charge in [0.15, 0.2) is 5.82 Å². The van der Waals surface area contributed by atoms with E-state index in [4.69, 9.17) is 0 Å². The minimum atomic E-state index is -0.825. The number of aliphatic carboxylic acids is 1. The summed E-state index contributed by atoms with van der Waals surface area (Å²) in [5.74, 6) is -1.54. The van der Waals surface area contributed by atoms with Crippen LogP contribution in [0.4, 0.5) is 8.78 Å². The average Bonchev–Trinajstić information content (AvgIpc) is 3.30. The molecule has 0 saturated heterocycles. The molecule has 2 aromatic carbocycles. The summed E-state index contributed by atoms with van der Waals surface area (Å²) in [7, 11) is 0. The van der Waals surface area contributed by atoms with E-state index in [1.165, 1.54) is 6.07 Å². The third-order valence-electron chi connectivity index (χ3n) is 6.95. The van der Waals surface area contributed by atoms with Crippen LogP contribution >= 0.6 is 0 Å². The van der Waals surface area contributed by atoms with E-state index in [1.54, 1.807) is 32.2 Å². The van der Waals surface area contributed by atoms with Crippen LogP contribution < -0.4 is 0 Å². The Morgan fingerprint density at radius 3 is 2.62 bits per heavy atom. The number of halogens is 2. The monoisotopic (exact) mass is 437 g/mol. The van der Waals surface area contributed by atoms with E-state index >= 15 is 4.39 Å². The summed E-state index contributed by atoms with van der Waals surface area (Å²) >= 11 is 0. The van der Waals surface area contributed by atoms with Crippen molar-refractivity contribution in [3.05, 3.63) is 58.9 Å². The van der Waals surface area contributed by atoms with Gasteiger partial charge >= 0.3 is 5.97 Å². The van der Waals surface area contributed by atoms with Crippen molar-refractivity contribution >= 4 is 27.8 Å². The second kappa shape index (κ2) is 6.89. The largest absolute Gasteiger partial charge is 0.481 e. The first-order chi connectivity index (χ1) is 15.1. The molecule has 1 aliphatic rings. The number of nitrogens with zero attached hydrogens (tertiary/aromatic N) is 2. The second-order valence-electron chi connectivity index (χ2n) is 9.61. The van der Waals surface area contributed by atoms with Gasteiger partial charge in [-0.3, -0.25) is 9.89 Å². The molecule has 2 heterocycles. The molecule has 0 aliphatic heterocycles. The van der Waals surface area contributed by atoms with Crippen LogP contribution in [0.2, 0.25) is 0 Å². The topological polar surface area (TPSA) is 70.9 Å². The number of H-pyrrole nitrogens is 1. The molecule has 5 nitrogen and oxygen atoms in total. The zero-order valence-electron chi connectivity index (χ0n) is 18.5. The van der Waals surface area contributed by atoms with Gasteiger partial charge in [-0.15, -0.1) is 0 Å². The van der Waals surface area contributed by atoms with Crippen molar-refractivity contribution in [1.82, 2.24) is 14.8 Å². The second-order valence-corrected chi connectivity index (χ2v) is 9.61. The summed E-state index contributed by atoms with van der Waals surface area (Å²) in [4.78, 5) is 11.7. The normalized spacial score (nSPS) is 20.9. The summed E-state index contributed by atoms with van der Waals surface area (Å²) in [6.07, 6.45) is 2.48. The Morgan fingerprint density at radius 1 is 1.28 bits per heavy atom. The molecule has 166 valence electrons. The Kier molecular flexibility index (Phi) is 4.45. The van der Waals surface area contributed by atoms with Crippen LogP contribution in [0.1, 0.15) is 62.3 Å². The van der Waals surface area contributed by atoms with E-state index in [2.05, 4.69) is 10.2 Å². The van der Waals surface area contributed by atoms with Crippen molar-refractivity contribution in [3.8, 4) is 5.69 Å². The van der Waals surface area contributed by atoms with Gasteiger partial charge in [-0.25, -0.2) is 8.78 Å². The van der Waals surface area contributed by atoms with Crippen molar-refractivity contribution in [3.63, 3.8) is 0 Å². The van der Waals surface area contributed by atoms with Crippen LogP contribution in [-0.4, -0.2) is 25.8 Å². The highest BCUT2D eigenvalue weighted by Gasteiger charge is 2.49. The summed E-state index contributed by atoms with van der Waals surface area (Å²) in [6.45, 7) is 7.54. The van der Waals surface area contributed by atoms with E-state index < -0.39 is 11.4 Å². The number of aromatic amines is 1. The lowest BCUT2D eigenvalue weighted by Crippen LogP contribution is -2.40. The number of fused-ring (bicyclic) bond motifs is 2. The fraction of sp³-hybridized carbons (Fsp3) is 0.360. The Bertz CT molecular complexity index is 1390. The van der Waals surface area contributed by atoms with Crippen LogP contribution in [-0.2, 0) is 4.79 Å². The molecule has 32 heavy (non-hydrogen) atoms. The number of hydrogen-bond acceptors (Lipinski definition) is 2. The highest BCUT2D eigenvalue weighted by Crippen LogP contribution is 2.55. The maximum Gasteiger partial charge on any atom is 0.309 e. The molecule has 1 saturated carbocycles. The average molecular weight is 437 g/mol. The van der Waals surface area contributed by atoms with Gasteiger partial charge in [0.1, 0.15) is 11.3 Å². The van der Waals surface area contributed by atoms with Crippen LogP contribution in [0.25, 0.3) is 27.5 Å². The first-order valence-corrected chi connectivity index (χ1v) is 10.8. The van der Waals surface area contributed by atoms with Crippen LogP contribution in [0.3, 0.4) is 0 Å². The Labute approximate surface area is 184 Å². The first-order valence-electron chi connectivity index (χ1n) is 10.8. The van der Waals surface area contributed by atoms with E-state index in [0.717, 1.165) is 16.9 Å². The van der Waals surface area contributed by atoms with E-state index in [0.29, 0.717) is 40.2 Å². The first kappa shape index (κ1) is 20.7. The molecule has 0 amide bonds. The van der Waals surface area contributed by atoms with Crippen molar-refractivity contribution in [1.29, 1.82) is 0 Å². The highest BCUT2D eigenvalue weighted by molar-refractivity contribution is 6.00. The maximum absolute atomic E-state index is 15.9. The number of benzene rings is 2. The third kappa shape index (κ3) is 2.80. The summed E-state index contributed by atoms with van der Waals surface area (Å²) in [6, 6.07) is 6.80. The van der Waals surface area contributed by atoms with Crippen molar-refractivity contribution in [2.75, 3.05) is 0 Å². The van der Waals surface area contributed by atoms with Crippen molar-refractivity contribution in [2.24, 2.45) is 5.41 Å². The van der Waals surface area contributed by atoms with Gasteiger partial charge in [-0.2, -0.15) is 5.10 Å². The maximum atomic E-state index is 15.9. The fourth-order valence-electron chi connectivity index (χ4n) is 5.28. The lowest BCUT2D eigenvalue weighted by molar-refractivity contribution is -0.154. The molecular formula is C25H25F2N3O2. The highest BCUT2D eigenvalue weighted by atomic mass is 19.1. The minimum Gasteiger partial charge on any atom is -0.481 e. The third-order valence-corrected chi connectivity index (χ3v) is 6.95. The molecule has 2 aromatic heterocycles. The van der Waals surface area contributed by atoms with E-state index in [-0.39, 0.29) is 23.5 Å². The number of hydrogen-bond donors (Lipinski definition) is 2. The SMILES string of the molecule is Cc1cc(-n2c(C(C)C)c([C@H]3C[C@](C)(C(=O)O)C3)c3c(F)c4[nH]ncc4cc32)ccc1F. The van der Waals surface area contributed by atoms with E-state index in [1.807, 2.05) is 24.5 Å². The smallest absolute Gasteiger partial charge is 0.309 e. The van der Waals surface area contributed by atoms with Gasteiger partial charge in [-0.05, 0) is 73.9 Å². The van der Waals surface area contributed by atoms with Gasteiger partial charge in [0, 0.05) is 22.2 Å². The van der Waals surface area contributed by atoms with Gasteiger partial charge in [0.2, 0.25) is 0 Å². The zero-order valence-corrected chi connectivity index (χ0v) is 18.5. The molecule has 0 radical (unpaired) electrons. The number of aryl methyl sites for hydroxylation is 1. The lowest BCUT2D eigenvalue weighted by Gasteiger charge is -2.42. The molecule has 7 heteroatoms. The predicted molar refractivity (Wildman–Crippen MR) is 119 cm³/mol. The van der Waals surface area contributed by atoms with Crippen molar-refractivity contribution in [2.45, 2.75) is 52.4 Å². The van der Waals surface area contributed by atoms with Gasteiger partial charge < -0.3 is 9.67 Å². The number of carboxylic acid groups (broad SMARTS) is 1. The van der Waals surface area contributed by atoms with Crippen LogP contribution in [0.15, 0.2) is 30.5 Å². The molecule has 0 unspecified atom stereocenters. The number of rotatable bonds is 4. The Morgan fingerprint density at radius 2 is 2.00 bits per heavy atom. The molecule has 0 bridgehead atoms. The fourth-order valence-corrected chi connectivity index (χ4v) is 5.28. The van der Waals surface area contributed by atoms with Gasteiger partial charge in [0.25, 0.3) is 0 Å². The number of carbonyl (C=O) groups is 1. The van der Waals surface area contributed by atoms with E-state index in [9.17, 15) is 14.3 Å². The van der Waals surface area contributed by atoms with Gasteiger partial charge in [0.05, 0.1) is 17.1 Å². The summed E-state index contributed by atoms with van der Waals surface area (Å²) < 4.78 is 31.9. The zero-order chi connectivity index (χ0) is 22.9. The van der Waals surface area contributed by atoms with Crippen LogP contribution in [0, 0.1) is 24.0 Å². The number of carboxylic acids is 1. The quantitative estimate of drug-likeness (QED) is 0.400. The summed E-state index contributed by atoms with van der Waals surface area (Å²) in [5, 5.41) is 17.5. The van der Waals surface area contributed by atoms with Gasteiger partial charge in [-0.1, -0.05) is 13.8 Å². The minimum absolute atomic E-state index is 0.0373. The predicted octanol–water partition coefficient (Wildman–Crippen LogP) is 6.19. The number of nitrogens with one attached hydrogen (secondary N) is 1. The molecule has 0 spiro atoms. The standard InChI is InChI=1S/C25H25F2N3O2/c1-12(2)23-19(15-9-25(4,10-15)24(31)32)20-18(8-14-11-28-29-22(14)21(20)27)30(23)16-5-6-17(26)13(3)7-16/h5-8,11-12,15H,9-10H2,1-4H3,(H,28,29)(H,31,32)/t15-,25-. The Hall–Kier alpha value is -3.22. The lowest BCUT2D eigenvalue weighted by atomic mass is 9.60. The molecular weight excluding hydrogens is 412 g/mol. The van der Waals surface area contributed by atoms with Crippen molar-refractivity contribution < 1.29 is 18.7 Å². The molecule has 0 atom stereocenters. The molecule has 1 aliphatic carbocycles. The number of aromatic nitrogens is 3. The van der Waals surface area contributed by atoms with Crippen LogP contribution in [0.5, 0.6) is 0 Å². The summed E-state index contributed by atoms with van der Waals surface area (Å²) in [5.41, 5.74) is 3.26. The molecule has 4 aromatic rings. The molecule has 1 fully saturated rings. The molecule has 2 N–H and O–H groups in total.